The summed E-state index contributed by atoms with van der Waals surface area (Å²) in [5.74, 6) is 0.688. The zero-order valence-corrected chi connectivity index (χ0v) is 12.2. The van der Waals surface area contributed by atoms with Crippen molar-refractivity contribution in [2.24, 2.45) is 0 Å². The maximum Gasteiger partial charge on any atom is 0.261 e. The number of nitrogens with one attached hydrogen (secondary N) is 1. The van der Waals surface area contributed by atoms with Gasteiger partial charge in [-0.3, -0.25) is 4.79 Å². The number of ether oxygens (including phenoxy) is 1. The lowest BCUT2D eigenvalue weighted by molar-refractivity contribution is 0.0944. The van der Waals surface area contributed by atoms with Crippen LogP contribution in [0.3, 0.4) is 0 Å². The van der Waals surface area contributed by atoms with E-state index in [-0.39, 0.29) is 11.9 Å². The zero-order chi connectivity index (χ0) is 13.8. The molecule has 0 bridgehead atoms. The highest BCUT2D eigenvalue weighted by Gasteiger charge is 2.13. The lowest BCUT2D eigenvalue weighted by Gasteiger charge is -2.14. The van der Waals surface area contributed by atoms with E-state index in [1.165, 1.54) is 11.3 Å². The molecule has 5 heteroatoms. The van der Waals surface area contributed by atoms with Gasteiger partial charge in [0.2, 0.25) is 0 Å². The Morgan fingerprint density at radius 3 is 2.47 bits per heavy atom. The number of rotatable bonds is 4. The SMILES string of the molecule is COc1ccc(C(C)NC(=O)c2ccc(Cl)s2)cc1. The molecule has 0 radical (unpaired) electrons. The lowest BCUT2D eigenvalue weighted by Crippen LogP contribution is -2.25. The number of carbonyl (C=O) groups is 1. The minimum atomic E-state index is -0.111. The number of carbonyl (C=O) groups excluding carboxylic acids is 1. The number of benzene rings is 1. The van der Waals surface area contributed by atoms with E-state index < -0.39 is 0 Å². The Hall–Kier alpha value is -1.52. The van der Waals surface area contributed by atoms with Crippen LogP contribution in [0.1, 0.15) is 28.2 Å². The van der Waals surface area contributed by atoms with Gasteiger partial charge in [-0.2, -0.15) is 0 Å². The summed E-state index contributed by atoms with van der Waals surface area (Å²) in [6.45, 7) is 1.94. The van der Waals surface area contributed by atoms with Gasteiger partial charge in [0.1, 0.15) is 5.75 Å². The van der Waals surface area contributed by atoms with Gasteiger partial charge in [-0.25, -0.2) is 0 Å². The summed E-state index contributed by atoms with van der Waals surface area (Å²) < 4.78 is 5.71. The summed E-state index contributed by atoms with van der Waals surface area (Å²) in [4.78, 5) is 12.6. The van der Waals surface area contributed by atoms with Crippen LogP contribution in [0, 0.1) is 0 Å². The van der Waals surface area contributed by atoms with E-state index in [0.717, 1.165) is 11.3 Å². The van der Waals surface area contributed by atoms with Crippen molar-refractivity contribution in [2.75, 3.05) is 7.11 Å². The third kappa shape index (κ3) is 3.49. The van der Waals surface area contributed by atoms with Gasteiger partial charge < -0.3 is 10.1 Å². The monoisotopic (exact) mass is 295 g/mol. The highest BCUT2D eigenvalue weighted by Crippen LogP contribution is 2.23. The third-order valence-electron chi connectivity index (χ3n) is 2.76. The van der Waals surface area contributed by atoms with E-state index in [0.29, 0.717) is 9.21 Å². The van der Waals surface area contributed by atoms with Crippen molar-refractivity contribution in [3.8, 4) is 5.75 Å². The summed E-state index contributed by atoms with van der Waals surface area (Å²) in [7, 11) is 1.63. The largest absolute Gasteiger partial charge is 0.497 e. The van der Waals surface area contributed by atoms with Gasteiger partial charge in [-0.15, -0.1) is 11.3 Å². The van der Waals surface area contributed by atoms with Gasteiger partial charge in [0.25, 0.3) is 5.91 Å². The Bertz CT molecular complexity index is 565. The molecule has 0 aliphatic heterocycles. The van der Waals surface area contributed by atoms with Crippen molar-refractivity contribution in [1.82, 2.24) is 5.32 Å². The fourth-order valence-electron chi connectivity index (χ4n) is 1.68. The molecule has 3 nitrogen and oxygen atoms in total. The van der Waals surface area contributed by atoms with Crippen LogP contribution >= 0.6 is 22.9 Å². The molecule has 1 amide bonds. The van der Waals surface area contributed by atoms with Crippen molar-refractivity contribution in [1.29, 1.82) is 0 Å². The molecule has 1 N–H and O–H groups in total. The second-order valence-electron chi connectivity index (χ2n) is 4.07. The Morgan fingerprint density at radius 1 is 1.26 bits per heavy atom. The Labute approximate surface area is 121 Å². The summed E-state index contributed by atoms with van der Waals surface area (Å²) in [6, 6.07) is 11.0. The maximum atomic E-state index is 12.0. The van der Waals surface area contributed by atoms with Crippen molar-refractivity contribution in [3.05, 3.63) is 51.2 Å². The molecule has 0 aliphatic carbocycles. The van der Waals surface area contributed by atoms with Crippen LogP contribution in [-0.2, 0) is 0 Å². The van der Waals surface area contributed by atoms with Gasteiger partial charge in [0.05, 0.1) is 22.4 Å². The molecule has 0 saturated carbocycles. The van der Waals surface area contributed by atoms with Crippen LogP contribution in [0.15, 0.2) is 36.4 Å². The lowest BCUT2D eigenvalue weighted by atomic mass is 10.1. The van der Waals surface area contributed by atoms with Crippen molar-refractivity contribution >= 4 is 28.8 Å². The first-order chi connectivity index (χ1) is 9.10. The summed E-state index contributed by atoms with van der Waals surface area (Å²) >= 11 is 7.09. The first kappa shape index (κ1) is 13.9. The average molecular weight is 296 g/mol. The molecule has 1 aromatic heterocycles. The van der Waals surface area contributed by atoms with E-state index in [1.807, 2.05) is 31.2 Å². The fourth-order valence-corrected chi connectivity index (χ4v) is 2.63. The molecule has 0 fully saturated rings. The smallest absolute Gasteiger partial charge is 0.261 e. The van der Waals surface area contributed by atoms with Crippen LogP contribution < -0.4 is 10.1 Å². The molecule has 2 rings (SSSR count). The highest BCUT2D eigenvalue weighted by molar-refractivity contribution is 7.17. The van der Waals surface area contributed by atoms with E-state index in [4.69, 9.17) is 16.3 Å². The van der Waals surface area contributed by atoms with E-state index in [2.05, 4.69) is 5.32 Å². The summed E-state index contributed by atoms with van der Waals surface area (Å²) in [6.07, 6.45) is 0. The normalized spacial score (nSPS) is 11.9. The van der Waals surface area contributed by atoms with E-state index in [1.54, 1.807) is 19.2 Å². The van der Waals surface area contributed by atoms with Gasteiger partial charge >= 0.3 is 0 Å². The topological polar surface area (TPSA) is 38.3 Å². The second-order valence-corrected chi connectivity index (χ2v) is 5.79. The van der Waals surface area contributed by atoms with Crippen molar-refractivity contribution in [3.63, 3.8) is 0 Å². The first-order valence-corrected chi connectivity index (χ1v) is 6.99. The molecule has 1 unspecified atom stereocenters. The number of amides is 1. The van der Waals surface area contributed by atoms with Gasteiger partial charge in [0, 0.05) is 0 Å². The molecular formula is C14H14ClNO2S. The van der Waals surface area contributed by atoms with Crippen LogP contribution in [0.5, 0.6) is 5.75 Å². The number of hydrogen-bond acceptors (Lipinski definition) is 3. The predicted octanol–water partition coefficient (Wildman–Crippen LogP) is 3.90. The molecule has 1 atom stereocenters. The molecule has 1 heterocycles. The van der Waals surface area contributed by atoms with Gasteiger partial charge in [-0.1, -0.05) is 23.7 Å². The Kier molecular flexibility index (Phi) is 4.45. The minimum Gasteiger partial charge on any atom is -0.497 e. The third-order valence-corrected chi connectivity index (χ3v) is 3.99. The molecule has 2 aromatic rings. The molecular weight excluding hydrogens is 282 g/mol. The number of thiophene rings is 1. The van der Waals surface area contributed by atoms with Crippen molar-refractivity contribution < 1.29 is 9.53 Å². The Morgan fingerprint density at radius 2 is 1.95 bits per heavy atom. The second kappa shape index (κ2) is 6.08. The van der Waals surface area contributed by atoms with E-state index >= 15 is 0 Å². The fraction of sp³-hybridized carbons (Fsp3) is 0.214. The summed E-state index contributed by atoms with van der Waals surface area (Å²) in [5.41, 5.74) is 1.02. The molecule has 0 aliphatic rings. The number of hydrogen-bond donors (Lipinski definition) is 1. The van der Waals surface area contributed by atoms with Gasteiger partial charge in [0.15, 0.2) is 0 Å². The predicted molar refractivity (Wildman–Crippen MR) is 78.2 cm³/mol. The van der Waals surface area contributed by atoms with Crippen LogP contribution in [0.2, 0.25) is 4.34 Å². The minimum absolute atomic E-state index is 0.0701. The van der Waals surface area contributed by atoms with Crippen LogP contribution in [-0.4, -0.2) is 13.0 Å². The molecule has 0 spiro atoms. The molecule has 0 saturated heterocycles. The van der Waals surface area contributed by atoms with Crippen LogP contribution in [0.25, 0.3) is 0 Å². The average Bonchev–Trinajstić information content (AvgIpc) is 2.85. The number of methoxy groups -OCH3 is 1. The first-order valence-electron chi connectivity index (χ1n) is 5.80. The summed E-state index contributed by atoms with van der Waals surface area (Å²) in [5, 5.41) is 2.94. The molecule has 1 aromatic carbocycles. The van der Waals surface area contributed by atoms with Crippen molar-refractivity contribution in [2.45, 2.75) is 13.0 Å². The van der Waals surface area contributed by atoms with Crippen LogP contribution in [0.4, 0.5) is 0 Å². The van der Waals surface area contributed by atoms with E-state index in [9.17, 15) is 4.79 Å². The standard InChI is InChI=1S/C14H14ClNO2S/c1-9(10-3-5-11(18-2)6-4-10)16-14(17)12-7-8-13(15)19-12/h3-9H,1-2H3,(H,16,17). The Balaban J connectivity index is 2.03. The quantitative estimate of drug-likeness (QED) is 0.929. The maximum absolute atomic E-state index is 12.0. The number of halogens is 1. The molecule has 19 heavy (non-hydrogen) atoms. The van der Waals surface area contributed by atoms with Gasteiger partial charge in [-0.05, 0) is 36.8 Å². The highest BCUT2D eigenvalue weighted by atomic mass is 35.5. The zero-order valence-electron chi connectivity index (χ0n) is 10.6. The molecule has 100 valence electrons.